The summed E-state index contributed by atoms with van der Waals surface area (Å²) in [6.45, 7) is 5.97. The Kier molecular flexibility index (Phi) is 4.79. The molecule has 1 nitrogen and oxygen atoms in total. The van der Waals surface area contributed by atoms with Gasteiger partial charge in [0.2, 0.25) is 0 Å². The molecule has 0 unspecified atom stereocenters. The zero-order valence-corrected chi connectivity index (χ0v) is 6.26. The van der Waals surface area contributed by atoms with Crippen LogP contribution in [0.1, 0.15) is 19.5 Å². The highest BCUT2D eigenvalue weighted by Crippen LogP contribution is 1.85. The summed E-state index contributed by atoms with van der Waals surface area (Å²) >= 11 is 0. The van der Waals surface area contributed by atoms with E-state index >= 15 is 0 Å². The molecule has 0 aliphatic rings. The first-order valence-corrected chi connectivity index (χ1v) is 3.27. The second kappa shape index (κ2) is 5.29. The average Bonchev–Trinajstić information content (AvgIpc) is 1.94. The maximum Gasteiger partial charge on any atom is 0.0372 e. The Balaban J connectivity index is 0.000000291. The fraction of sp³-hybridized carbons (Fsp3) is 0.375. The molecule has 1 heterocycles. The van der Waals surface area contributed by atoms with Crippen molar-refractivity contribution in [3.63, 3.8) is 0 Å². The monoisotopic (exact) mass is 123 g/mol. The number of hydrogen-bond donors (Lipinski definition) is 0. The molecule has 0 aliphatic carbocycles. The standard InChI is InChI=1S/C6H7N.C2H6/c1-6-4-2-3-5-7-6;1-2/h2-5H,1H3;1-2H3. The molecule has 50 valence electrons. The van der Waals surface area contributed by atoms with Gasteiger partial charge in [0.1, 0.15) is 0 Å². The van der Waals surface area contributed by atoms with Gasteiger partial charge in [-0.15, -0.1) is 0 Å². The van der Waals surface area contributed by atoms with Crippen molar-refractivity contribution in [2.24, 2.45) is 0 Å². The van der Waals surface area contributed by atoms with Crippen LogP contribution in [0.25, 0.3) is 0 Å². The van der Waals surface area contributed by atoms with Gasteiger partial charge in [-0.05, 0) is 19.1 Å². The van der Waals surface area contributed by atoms with Crippen molar-refractivity contribution >= 4 is 0 Å². The van der Waals surface area contributed by atoms with Crippen molar-refractivity contribution in [1.82, 2.24) is 4.98 Å². The van der Waals surface area contributed by atoms with Gasteiger partial charge in [0.15, 0.2) is 0 Å². The summed E-state index contributed by atoms with van der Waals surface area (Å²) in [5.74, 6) is 0. The van der Waals surface area contributed by atoms with E-state index in [0.29, 0.717) is 0 Å². The normalized spacial score (nSPS) is 7.44. The molecule has 1 rings (SSSR count). The van der Waals surface area contributed by atoms with E-state index in [1.807, 2.05) is 39.0 Å². The predicted molar refractivity (Wildman–Crippen MR) is 40.3 cm³/mol. The van der Waals surface area contributed by atoms with Crippen LogP contribution in [0.4, 0.5) is 0 Å². The lowest BCUT2D eigenvalue weighted by atomic mass is 10.4. The van der Waals surface area contributed by atoms with Crippen molar-refractivity contribution in [2.75, 3.05) is 0 Å². The molecule has 0 fully saturated rings. The Labute approximate surface area is 56.8 Å². The van der Waals surface area contributed by atoms with Gasteiger partial charge >= 0.3 is 0 Å². The van der Waals surface area contributed by atoms with E-state index in [0.717, 1.165) is 5.69 Å². The first-order valence-electron chi connectivity index (χ1n) is 3.27. The maximum absolute atomic E-state index is 3.98. The lowest BCUT2D eigenvalue weighted by molar-refractivity contribution is 1.20. The molecule has 1 aromatic rings. The van der Waals surface area contributed by atoms with Crippen molar-refractivity contribution in [1.29, 1.82) is 0 Å². The van der Waals surface area contributed by atoms with E-state index < -0.39 is 0 Å². The van der Waals surface area contributed by atoms with Crippen LogP contribution in [0.2, 0.25) is 0 Å². The smallest absolute Gasteiger partial charge is 0.0372 e. The third-order valence-corrected chi connectivity index (χ3v) is 0.813. The number of aryl methyl sites for hydroxylation is 1. The van der Waals surface area contributed by atoms with Crippen LogP contribution in [-0.2, 0) is 0 Å². The third-order valence-electron chi connectivity index (χ3n) is 0.813. The van der Waals surface area contributed by atoms with E-state index in [9.17, 15) is 0 Å². The van der Waals surface area contributed by atoms with Crippen LogP contribution in [0, 0.1) is 6.92 Å². The molecule has 0 bridgehead atoms. The van der Waals surface area contributed by atoms with Gasteiger partial charge < -0.3 is 0 Å². The number of nitrogens with zero attached hydrogens (tertiary/aromatic N) is 1. The molecular formula is C8H13N. The Morgan fingerprint density at radius 1 is 1.22 bits per heavy atom. The van der Waals surface area contributed by atoms with Crippen molar-refractivity contribution in [2.45, 2.75) is 20.8 Å². The molecule has 0 aliphatic heterocycles. The molecular weight excluding hydrogens is 110 g/mol. The zero-order valence-electron chi connectivity index (χ0n) is 6.26. The SMILES string of the molecule is CC.Cc1ccccn1. The largest absolute Gasteiger partial charge is 0.262 e. The quantitative estimate of drug-likeness (QED) is 0.516. The van der Waals surface area contributed by atoms with E-state index in [1.54, 1.807) is 6.20 Å². The van der Waals surface area contributed by atoms with Crippen molar-refractivity contribution in [3.05, 3.63) is 30.1 Å². The molecule has 0 amide bonds. The first-order chi connectivity index (χ1) is 4.39. The second-order valence-corrected chi connectivity index (χ2v) is 1.47. The van der Waals surface area contributed by atoms with Gasteiger partial charge in [-0.25, -0.2) is 0 Å². The van der Waals surface area contributed by atoms with E-state index in [-0.39, 0.29) is 0 Å². The number of pyridine rings is 1. The van der Waals surface area contributed by atoms with Gasteiger partial charge in [-0.1, -0.05) is 19.9 Å². The minimum Gasteiger partial charge on any atom is -0.262 e. The van der Waals surface area contributed by atoms with E-state index in [4.69, 9.17) is 0 Å². The fourth-order valence-electron chi connectivity index (χ4n) is 0.448. The fourth-order valence-corrected chi connectivity index (χ4v) is 0.448. The lowest BCUT2D eigenvalue weighted by Crippen LogP contribution is -1.72. The molecule has 1 aromatic heterocycles. The molecule has 9 heavy (non-hydrogen) atoms. The molecule has 0 radical (unpaired) electrons. The van der Waals surface area contributed by atoms with Gasteiger partial charge in [0, 0.05) is 11.9 Å². The molecule has 0 saturated heterocycles. The summed E-state index contributed by atoms with van der Waals surface area (Å²) in [7, 11) is 0. The van der Waals surface area contributed by atoms with Crippen LogP contribution in [0.5, 0.6) is 0 Å². The molecule has 0 atom stereocenters. The zero-order chi connectivity index (χ0) is 7.11. The number of hydrogen-bond acceptors (Lipinski definition) is 1. The lowest BCUT2D eigenvalue weighted by Gasteiger charge is -1.82. The van der Waals surface area contributed by atoms with Crippen LogP contribution in [0.3, 0.4) is 0 Å². The van der Waals surface area contributed by atoms with Crippen LogP contribution in [0.15, 0.2) is 24.4 Å². The third kappa shape index (κ3) is 3.71. The van der Waals surface area contributed by atoms with Crippen LogP contribution < -0.4 is 0 Å². The van der Waals surface area contributed by atoms with E-state index in [1.165, 1.54) is 0 Å². The van der Waals surface area contributed by atoms with Gasteiger partial charge in [0.05, 0.1) is 0 Å². The summed E-state index contributed by atoms with van der Waals surface area (Å²) < 4.78 is 0. The molecule has 0 spiro atoms. The topological polar surface area (TPSA) is 12.9 Å². The minimum absolute atomic E-state index is 1.07. The van der Waals surface area contributed by atoms with E-state index in [2.05, 4.69) is 4.98 Å². The highest BCUT2D eigenvalue weighted by atomic mass is 14.6. The maximum atomic E-state index is 3.98. The molecule has 0 aromatic carbocycles. The average molecular weight is 123 g/mol. The second-order valence-electron chi connectivity index (χ2n) is 1.47. The Bertz CT molecular complexity index is 134. The summed E-state index contributed by atoms with van der Waals surface area (Å²) in [6, 6.07) is 5.86. The first kappa shape index (κ1) is 8.15. The predicted octanol–water partition coefficient (Wildman–Crippen LogP) is 2.42. The minimum atomic E-state index is 1.07. The molecule has 1 heteroatoms. The number of aromatic nitrogens is 1. The molecule has 0 saturated carbocycles. The Hall–Kier alpha value is -0.850. The summed E-state index contributed by atoms with van der Waals surface area (Å²) in [6.07, 6.45) is 1.79. The summed E-state index contributed by atoms with van der Waals surface area (Å²) in [4.78, 5) is 3.98. The van der Waals surface area contributed by atoms with Crippen molar-refractivity contribution < 1.29 is 0 Å². The molecule has 0 N–H and O–H groups in total. The van der Waals surface area contributed by atoms with Gasteiger partial charge in [-0.3, -0.25) is 4.98 Å². The summed E-state index contributed by atoms with van der Waals surface area (Å²) in [5, 5.41) is 0. The van der Waals surface area contributed by atoms with Gasteiger partial charge in [-0.2, -0.15) is 0 Å². The number of rotatable bonds is 0. The summed E-state index contributed by atoms with van der Waals surface area (Å²) in [5.41, 5.74) is 1.07. The Morgan fingerprint density at radius 2 is 1.89 bits per heavy atom. The Morgan fingerprint density at radius 3 is 2.11 bits per heavy atom. The van der Waals surface area contributed by atoms with Crippen molar-refractivity contribution in [3.8, 4) is 0 Å². The van der Waals surface area contributed by atoms with Crippen LogP contribution >= 0.6 is 0 Å². The van der Waals surface area contributed by atoms with Crippen LogP contribution in [-0.4, -0.2) is 4.98 Å². The van der Waals surface area contributed by atoms with Gasteiger partial charge in [0.25, 0.3) is 0 Å². The highest BCUT2D eigenvalue weighted by Gasteiger charge is 1.73. The highest BCUT2D eigenvalue weighted by molar-refractivity contribution is 4.99.